The molecule has 1 aliphatic heterocycles. The van der Waals surface area contributed by atoms with Crippen molar-refractivity contribution in [1.82, 2.24) is 10.6 Å². The monoisotopic (exact) mass is 277 g/mol. The molecule has 6 nitrogen and oxygen atoms in total. The molecule has 6 heteroatoms. The number of carbonyl (C=O) groups is 2. The molecule has 1 aromatic rings. The smallest absolute Gasteiger partial charge is 0.251 e. The lowest BCUT2D eigenvalue weighted by molar-refractivity contribution is -0.136. The number of para-hydroxylation sites is 1. The first kappa shape index (κ1) is 14.5. The van der Waals surface area contributed by atoms with Crippen molar-refractivity contribution in [2.45, 2.75) is 19.1 Å². The van der Waals surface area contributed by atoms with Gasteiger partial charge in [0.05, 0.1) is 6.61 Å². The lowest BCUT2D eigenvalue weighted by atomic mass is 10.2. The summed E-state index contributed by atoms with van der Waals surface area (Å²) in [6.07, 6.45) is -0.532. The van der Waals surface area contributed by atoms with Gasteiger partial charge in [0, 0.05) is 18.8 Å². The minimum absolute atomic E-state index is 0.256. The quantitative estimate of drug-likeness (QED) is 0.730. The van der Waals surface area contributed by atoms with E-state index in [9.17, 15) is 9.59 Å². The zero-order valence-electron chi connectivity index (χ0n) is 11.4. The fourth-order valence-corrected chi connectivity index (χ4v) is 1.88. The summed E-state index contributed by atoms with van der Waals surface area (Å²) < 4.78 is 5.33. The van der Waals surface area contributed by atoms with Crippen molar-refractivity contribution in [3.63, 3.8) is 0 Å². The van der Waals surface area contributed by atoms with Gasteiger partial charge in [0.1, 0.15) is 12.1 Å². The van der Waals surface area contributed by atoms with Crippen LogP contribution in [0.5, 0.6) is 0 Å². The van der Waals surface area contributed by atoms with Crippen LogP contribution >= 0.6 is 0 Å². The maximum atomic E-state index is 11.9. The molecule has 2 amide bonds. The van der Waals surface area contributed by atoms with Gasteiger partial charge in [-0.2, -0.15) is 0 Å². The molecule has 0 aliphatic carbocycles. The Kier molecular flexibility index (Phi) is 5.09. The van der Waals surface area contributed by atoms with E-state index in [1.165, 1.54) is 0 Å². The van der Waals surface area contributed by atoms with E-state index < -0.39 is 12.1 Å². The van der Waals surface area contributed by atoms with Crippen LogP contribution in [0.3, 0.4) is 0 Å². The largest absolute Gasteiger partial charge is 0.366 e. The molecule has 1 aliphatic rings. The second-order valence-corrected chi connectivity index (χ2v) is 4.65. The van der Waals surface area contributed by atoms with Crippen molar-refractivity contribution < 1.29 is 14.3 Å². The third-order valence-electron chi connectivity index (χ3n) is 3.01. The molecule has 0 aromatic heterocycles. The van der Waals surface area contributed by atoms with Gasteiger partial charge >= 0.3 is 0 Å². The predicted octanol–water partition coefficient (Wildman–Crippen LogP) is 0.118. The van der Waals surface area contributed by atoms with Crippen molar-refractivity contribution in [2.75, 3.05) is 25.0 Å². The number of benzene rings is 1. The number of amides is 2. The Hall–Kier alpha value is -1.92. The maximum Gasteiger partial charge on any atom is 0.251 e. The SMILES string of the molecule is CC(NC(=O)C1CNCCO1)C(=O)Nc1ccccc1. The summed E-state index contributed by atoms with van der Waals surface area (Å²) in [6.45, 7) is 3.36. The molecule has 1 saturated heterocycles. The topological polar surface area (TPSA) is 79.5 Å². The summed E-state index contributed by atoms with van der Waals surface area (Å²) in [7, 11) is 0. The normalized spacial score (nSPS) is 19.9. The molecule has 1 fully saturated rings. The molecule has 0 spiro atoms. The summed E-state index contributed by atoms with van der Waals surface area (Å²) in [5.41, 5.74) is 0.703. The number of nitrogens with one attached hydrogen (secondary N) is 3. The third-order valence-corrected chi connectivity index (χ3v) is 3.01. The highest BCUT2D eigenvalue weighted by Gasteiger charge is 2.24. The molecule has 3 N–H and O–H groups in total. The lowest BCUT2D eigenvalue weighted by Gasteiger charge is -2.24. The van der Waals surface area contributed by atoms with Crippen LogP contribution in [0.1, 0.15) is 6.92 Å². The Labute approximate surface area is 117 Å². The number of hydrogen-bond donors (Lipinski definition) is 3. The van der Waals surface area contributed by atoms with Gasteiger partial charge in [-0.1, -0.05) is 18.2 Å². The number of carbonyl (C=O) groups excluding carboxylic acids is 2. The molecule has 2 atom stereocenters. The van der Waals surface area contributed by atoms with Gasteiger partial charge in [0.15, 0.2) is 0 Å². The van der Waals surface area contributed by atoms with Crippen molar-refractivity contribution >= 4 is 17.5 Å². The van der Waals surface area contributed by atoms with E-state index in [2.05, 4.69) is 16.0 Å². The molecular weight excluding hydrogens is 258 g/mol. The third kappa shape index (κ3) is 4.04. The average Bonchev–Trinajstić information content (AvgIpc) is 2.49. The minimum Gasteiger partial charge on any atom is -0.366 e. The highest BCUT2D eigenvalue weighted by atomic mass is 16.5. The van der Waals surface area contributed by atoms with E-state index in [-0.39, 0.29) is 11.8 Å². The summed E-state index contributed by atoms with van der Waals surface area (Å²) >= 11 is 0. The van der Waals surface area contributed by atoms with Crippen LogP contribution in [-0.2, 0) is 14.3 Å². The molecule has 0 bridgehead atoms. The highest BCUT2D eigenvalue weighted by molar-refractivity contribution is 5.97. The van der Waals surface area contributed by atoms with E-state index in [1.54, 1.807) is 19.1 Å². The summed E-state index contributed by atoms with van der Waals surface area (Å²) in [6, 6.07) is 8.50. The van der Waals surface area contributed by atoms with E-state index in [0.717, 1.165) is 6.54 Å². The fourth-order valence-electron chi connectivity index (χ4n) is 1.88. The van der Waals surface area contributed by atoms with Gasteiger partial charge in [0.25, 0.3) is 5.91 Å². The van der Waals surface area contributed by atoms with Crippen molar-refractivity contribution in [3.05, 3.63) is 30.3 Å². The van der Waals surface area contributed by atoms with Crippen LogP contribution in [0.4, 0.5) is 5.69 Å². The van der Waals surface area contributed by atoms with Gasteiger partial charge in [-0.3, -0.25) is 9.59 Å². The van der Waals surface area contributed by atoms with Crippen LogP contribution in [-0.4, -0.2) is 43.7 Å². The number of hydrogen-bond acceptors (Lipinski definition) is 4. The summed E-state index contributed by atoms with van der Waals surface area (Å²) in [5.74, 6) is -0.527. The van der Waals surface area contributed by atoms with Crippen LogP contribution in [0.25, 0.3) is 0 Å². The van der Waals surface area contributed by atoms with Crippen LogP contribution in [0.15, 0.2) is 30.3 Å². The summed E-state index contributed by atoms with van der Waals surface area (Å²) in [5, 5.41) is 8.47. The molecular formula is C14H19N3O3. The van der Waals surface area contributed by atoms with Gasteiger partial charge in [0.2, 0.25) is 5.91 Å². The molecule has 20 heavy (non-hydrogen) atoms. The first-order valence-corrected chi connectivity index (χ1v) is 6.65. The first-order chi connectivity index (χ1) is 9.66. The van der Waals surface area contributed by atoms with Crippen LogP contribution < -0.4 is 16.0 Å². The molecule has 0 radical (unpaired) electrons. The number of anilines is 1. The standard InChI is InChI=1S/C14H19N3O3/c1-10(13(18)17-11-5-3-2-4-6-11)16-14(19)12-9-15-7-8-20-12/h2-6,10,12,15H,7-9H2,1H3,(H,16,19)(H,17,18). The second-order valence-electron chi connectivity index (χ2n) is 4.65. The Bertz CT molecular complexity index is 458. The molecule has 1 aromatic carbocycles. The van der Waals surface area contributed by atoms with Gasteiger partial charge in [-0.15, -0.1) is 0 Å². The molecule has 108 valence electrons. The second kappa shape index (κ2) is 7.02. The minimum atomic E-state index is -0.617. The van der Waals surface area contributed by atoms with Crippen LogP contribution in [0, 0.1) is 0 Å². The number of morpholine rings is 1. The number of rotatable bonds is 4. The predicted molar refractivity (Wildman–Crippen MR) is 75.3 cm³/mol. The zero-order valence-corrected chi connectivity index (χ0v) is 11.4. The fraction of sp³-hybridized carbons (Fsp3) is 0.429. The van der Waals surface area contributed by atoms with E-state index in [4.69, 9.17) is 4.74 Å². The van der Waals surface area contributed by atoms with Crippen LogP contribution in [0.2, 0.25) is 0 Å². The zero-order chi connectivity index (χ0) is 14.4. The van der Waals surface area contributed by atoms with E-state index in [1.807, 2.05) is 18.2 Å². The van der Waals surface area contributed by atoms with Crippen molar-refractivity contribution in [1.29, 1.82) is 0 Å². The van der Waals surface area contributed by atoms with Gasteiger partial charge < -0.3 is 20.7 Å². The highest BCUT2D eigenvalue weighted by Crippen LogP contribution is 2.05. The maximum absolute atomic E-state index is 11.9. The van der Waals surface area contributed by atoms with Crippen molar-refractivity contribution in [3.8, 4) is 0 Å². The Morgan fingerprint density at radius 1 is 1.35 bits per heavy atom. The first-order valence-electron chi connectivity index (χ1n) is 6.65. The molecule has 2 rings (SSSR count). The molecule has 1 heterocycles. The average molecular weight is 277 g/mol. The van der Waals surface area contributed by atoms with E-state index in [0.29, 0.717) is 18.8 Å². The Morgan fingerprint density at radius 2 is 2.10 bits per heavy atom. The molecule has 2 unspecified atom stereocenters. The Balaban J connectivity index is 1.82. The lowest BCUT2D eigenvalue weighted by Crippen LogP contribution is -2.52. The van der Waals surface area contributed by atoms with Gasteiger partial charge in [-0.05, 0) is 19.1 Å². The Morgan fingerprint density at radius 3 is 2.75 bits per heavy atom. The van der Waals surface area contributed by atoms with E-state index >= 15 is 0 Å². The van der Waals surface area contributed by atoms with Crippen molar-refractivity contribution in [2.24, 2.45) is 0 Å². The van der Waals surface area contributed by atoms with Gasteiger partial charge in [-0.25, -0.2) is 0 Å². The molecule has 0 saturated carbocycles. The summed E-state index contributed by atoms with van der Waals surface area (Å²) in [4.78, 5) is 23.9. The number of ether oxygens (including phenoxy) is 1.